The highest BCUT2D eigenvalue weighted by atomic mass is 19.1. The minimum absolute atomic E-state index is 0.0706. The Kier molecular flexibility index (Phi) is 4.58. The lowest BCUT2D eigenvalue weighted by atomic mass is 10.2. The average molecular weight is 367 g/mol. The summed E-state index contributed by atoms with van der Waals surface area (Å²) in [7, 11) is 0. The Balaban J connectivity index is 1.40. The van der Waals surface area contributed by atoms with Crippen molar-refractivity contribution in [1.29, 1.82) is 0 Å². The van der Waals surface area contributed by atoms with Gasteiger partial charge in [0.05, 0.1) is 10.9 Å². The number of fused-ring (bicyclic) bond motifs is 2. The fourth-order valence-electron chi connectivity index (χ4n) is 3.16. The van der Waals surface area contributed by atoms with Crippen LogP contribution in [0.1, 0.15) is 17.8 Å². The van der Waals surface area contributed by atoms with Crippen LogP contribution in [-0.4, -0.2) is 22.1 Å². The molecule has 1 N–H and O–H groups in total. The maximum atomic E-state index is 12.9. The summed E-state index contributed by atoms with van der Waals surface area (Å²) in [6.07, 6.45) is 1.74. The molecule has 2 heterocycles. The summed E-state index contributed by atoms with van der Waals surface area (Å²) in [5.41, 5.74) is 1.36. The van der Waals surface area contributed by atoms with E-state index in [-0.39, 0.29) is 30.4 Å². The Bertz CT molecular complexity index is 1060. The first-order valence-electron chi connectivity index (χ1n) is 8.77. The summed E-state index contributed by atoms with van der Waals surface area (Å²) >= 11 is 0. The largest absolute Gasteiger partial charge is 0.484 e. The summed E-state index contributed by atoms with van der Waals surface area (Å²) in [6.45, 7) is 0.804. The molecule has 27 heavy (non-hydrogen) atoms. The summed E-state index contributed by atoms with van der Waals surface area (Å²) < 4.78 is 20.1. The molecule has 4 rings (SSSR count). The van der Waals surface area contributed by atoms with Crippen LogP contribution in [0.2, 0.25) is 0 Å². The molecule has 138 valence electrons. The number of nitrogens with one attached hydrogen (secondary N) is 1. The molecule has 0 aliphatic carbocycles. The van der Waals surface area contributed by atoms with E-state index in [1.165, 1.54) is 12.1 Å². The van der Waals surface area contributed by atoms with Crippen molar-refractivity contribution >= 4 is 16.8 Å². The van der Waals surface area contributed by atoms with Gasteiger partial charge in [0, 0.05) is 19.5 Å². The van der Waals surface area contributed by atoms with Crippen molar-refractivity contribution in [1.82, 2.24) is 14.9 Å². The van der Waals surface area contributed by atoms with Gasteiger partial charge in [0.2, 0.25) is 0 Å². The van der Waals surface area contributed by atoms with E-state index in [4.69, 9.17) is 4.74 Å². The maximum Gasteiger partial charge on any atom is 0.261 e. The standard InChI is InChI=1S/C20H18FN3O3/c21-14-5-3-13(4-6-14)11-22-19(25)12-27-15-7-8-17-16(10-15)20(26)24-9-1-2-18(24)23-17/h3-8,10H,1-2,9,11-12H2,(H,22,25). The van der Waals surface area contributed by atoms with Crippen LogP contribution >= 0.6 is 0 Å². The quantitative estimate of drug-likeness (QED) is 0.750. The van der Waals surface area contributed by atoms with Gasteiger partial charge in [0.25, 0.3) is 11.5 Å². The van der Waals surface area contributed by atoms with E-state index < -0.39 is 0 Å². The Morgan fingerprint density at radius 3 is 2.85 bits per heavy atom. The summed E-state index contributed by atoms with van der Waals surface area (Å²) in [5.74, 6) is 0.641. The third kappa shape index (κ3) is 3.67. The molecule has 1 amide bonds. The zero-order chi connectivity index (χ0) is 18.8. The molecule has 7 heteroatoms. The van der Waals surface area contributed by atoms with Gasteiger partial charge in [-0.2, -0.15) is 0 Å². The monoisotopic (exact) mass is 367 g/mol. The third-order valence-corrected chi connectivity index (χ3v) is 4.56. The van der Waals surface area contributed by atoms with Crippen molar-refractivity contribution in [2.24, 2.45) is 0 Å². The fraction of sp³-hybridized carbons (Fsp3) is 0.250. The van der Waals surface area contributed by atoms with Gasteiger partial charge in [0.1, 0.15) is 17.4 Å². The Morgan fingerprint density at radius 2 is 2.04 bits per heavy atom. The number of amides is 1. The highest BCUT2D eigenvalue weighted by Crippen LogP contribution is 2.19. The van der Waals surface area contributed by atoms with Crippen LogP contribution in [0.15, 0.2) is 47.3 Å². The summed E-state index contributed by atoms with van der Waals surface area (Å²) in [5, 5.41) is 3.20. The zero-order valence-electron chi connectivity index (χ0n) is 14.6. The van der Waals surface area contributed by atoms with E-state index in [0.717, 1.165) is 24.2 Å². The Morgan fingerprint density at radius 1 is 1.22 bits per heavy atom. The number of ether oxygens (including phenoxy) is 1. The molecule has 0 atom stereocenters. The second-order valence-corrected chi connectivity index (χ2v) is 6.46. The Labute approximate surface area is 154 Å². The molecule has 0 saturated carbocycles. The molecule has 0 unspecified atom stereocenters. The van der Waals surface area contributed by atoms with E-state index >= 15 is 0 Å². The van der Waals surface area contributed by atoms with Gasteiger partial charge in [-0.05, 0) is 42.3 Å². The van der Waals surface area contributed by atoms with Crippen molar-refractivity contribution in [2.75, 3.05) is 6.61 Å². The van der Waals surface area contributed by atoms with Crippen LogP contribution < -0.4 is 15.6 Å². The lowest BCUT2D eigenvalue weighted by molar-refractivity contribution is -0.123. The van der Waals surface area contributed by atoms with Gasteiger partial charge in [0.15, 0.2) is 6.61 Å². The van der Waals surface area contributed by atoms with Gasteiger partial charge in [-0.15, -0.1) is 0 Å². The van der Waals surface area contributed by atoms with Gasteiger partial charge < -0.3 is 10.1 Å². The number of nitrogens with zero attached hydrogens (tertiary/aromatic N) is 2. The number of hydrogen-bond donors (Lipinski definition) is 1. The van der Waals surface area contributed by atoms with Gasteiger partial charge >= 0.3 is 0 Å². The van der Waals surface area contributed by atoms with Gasteiger partial charge in [-0.1, -0.05) is 12.1 Å². The van der Waals surface area contributed by atoms with Crippen LogP contribution in [0.3, 0.4) is 0 Å². The van der Waals surface area contributed by atoms with Gasteiger partial charge in [-0.3, -0.25) is 14.2 Å². The number of halogens is 1. The smallest absolute Gasteiger partial charge is 0.261 e. The molecule has 1 aliphatic heterocycles. The van der Waals surface area contributed by atoms with E-state index in [2.05, 4.69) is 10.3 Å². The number of benzene rings is 2. The Hall–Kier alpha value is -3.22. The topological polar surface area (TPSA) is 73.2 Å². The number of aromatic nitrogens is 2. The normalized spacial score (nSPS) is 12.8. The van der Waals surface area contributed by atoms with Crippen LogP contribution in [0.25, 0.3) is 10.9 Å². The molecule has 1 aliphatic rings. The average Bonchev–Trinajstić information content (AvgIpc) is 3.15. The van der Waals surface area contributed by atoms with Crippen LogP contribution in [0.5, 0.6) is 5.75 Å². The van der Waals surface area contributed by atoms with Crippen molar-refractivity contribution < 1.29 is 13.9 Å². The molecule has 1 aromatic heterocycles. The maximum absolute atomic E-state index is 12.9. The lowest BCUT2D eigenvalue weighted by Crippen LogP contribution is -2.28. The van der Waals surface area contributed by atoms with Crippen LogP contribution in [0, 0.1) is 5.82 Å². The number of hydrogen-bond acceptors (Lipinski definition) is 4. The SMILES string of the molecule is O=C(COc1ccc2nc3n(c(=O)c2c1)CCC3)NCc1ccc(F)cc1. The molecular formula is C20H18FN3O3. The van der Waals surface area contributed by atoms with Gasteiger partial charge in [-0.25, -0.2) is 9.37 Å². The van der Waals surface area contributed by atoms with E-state index in [9.17, 15) is 14.0 Å². The van der Waals surface area contributed by atoms with Crippen molar-refractivity contribution in [3.8, 4) is 5.75 Å². The predicted molar refractivity (Wildman–Crippen MR) is 98.1 cm³/mol. The molecule has 0 fully saturated rings. The predicted octanol–water partition coefficient (Wildman–Crippen LogP) is 2.18. The van der Waals surface area contributed by atoms with Crippen molar-refractivity contribution in [3.05, 3.63) is 70.0 Å². The lowest BCUT2D eigenvalue weighted by Gasteiger charge is -2.09. The summed E-state index contributed by atoms with van der Waals surface area (Å²) in [4.78, 5) is 29.0. The third-order valence-electron chi connectivity index (χ3n) is 4.56. The molecule has 0 radical (unpaired) electrons. The molecule has 0 spiro atoms. The first-order valence-corrected chi connectivity index (χ1v) is 8.77. The molecular weight excluding hydrogens is 349 g/mol. The molecule has 0 bridgehead atoms. The van der Waals surface area contributed by atoms with E-state index in [1.54, 1.807) is 34.9 Å². The van der Waals surface area contributed by atoms with E-state index in [1.807, 2.05) is 0 Å². The van der Waals surface area contributed by atoms with E-state index in [0.29, 0.717) is 23.2 Å². The first kappa shape index (κ1) is 17.2. The summed E-state index contributed by atoms with van der Waals surface area (Å²) in [6, 6.07) is 11.0. The van der Waals surface area contributed by atoms with Crippen molar-refractivity contribution in [3.63, 3.8) is 0 Å². The second-order valence-electron chi connectivity index (χ2n) is 6.46. The number of carbonyl (C=O) groups excluding carboxylic acids is 1. The number of rotatable bonds is 5. The molecule has 3 aromatic rings. The molecule has 2 aromatic carbocycles. The minimum atomic E-state index is -0.319. The zero-order valence-corrected chi connectivity index (χ0v) is 14.6. The van der Waals surface area contributed by atoms with Crippen molar-refractivity contribution in [2.45, 2.75) is 25.9 Å². The van der Waals surface area contributed by atoms with Crippen LogP contribution in [-0.2, 0) is 24.3 Å². The number of aryl methyl sites for hydroxylation is 1. The molecule has 0 saturated heterocycles. The minimum Gasteiger partial charge on any atom is -0.484 e. The molecule has 6 nitrogen and oxygen atoms in total. The fourth-order valence-corrected chi connectivity index (χ4v) is 3.16. The number of carbonyl (C=O) groups is 1. The first-order chi connectivity index (χ1) is 13.1. The second kappa shape index (κ2) is 7.19. The highest BCUT2D eigenvalue weighted by Gasteiger charge is 2.16. The highest BCUT2D eigenvalue weighted by molar-refractivity contribution is 5.80. The van der Waals surface area contributed by atoms with Crippen LogP contribution in [0.4, 0.5) is 4.39 Å².